The van der Waals surface area contributed by atoms with Crippen LogP contribution in [0.15, 0.2) is 53.5 Å². The molecule has 1 heterocycles. The number of nitrogens with zero attached hydrogens (tertiary/aromatic N) is 2. The molecule has 0 atom stereocenters. The number of rotatable bonds is 10. The molecule has 0 aliphatic heterocycles. The predicted octanol–water partition coefficient (Wildman–Crippen LogP) is 5.05. The van der Waals surface area contributed by atoms with Crippen molar-refractivity contribution in [2.75, 3.05) is 19.8 Å². The molecule has 0 saturated heterocycles. The summed E-state index contributed by atoms with van der Waals surface area (Å²) in [4.78, 5) is 17.8. The lowest BCUT2D eigenvalue weighted by Crippen LogP contribution is -2.19. The number of unbranched alkanes of at least 4 members (excludes halogenated alkanes) is 2. The Kier molecular flexibility index (Phi) is 8.02. The molecule has 0 bridgehead atoms. The van der Waals surface area contributed by atoms with Crippen LogP contribution in [0.4, 0.5) is 0 Å². The zero-order chi connectivity index (χ0) is 20.5. The van der Waals surface area contributed by atoms with Crippen LogP contribution in [0.3, 0.4) is 0 Å². The molecule has 0 fully saturated rings. The second-order valence-corrected chi connectivity index (χ2v) is 7.71. The van der Waals surface area contributed by atoms with Crippen molar-refractivity contribution in [1.82, 2.24) is 4.57 Å². The van der Waals surface area contributed by atoms with Crippen LogP contribution in [-0.4, -0.2) is 30.3 Å². The Labute approximate surface area is 175 Å². The van der Waals surface area contributed by atoms with Crippen molar-refractivity contribution < 1.29 is 14.3 Å². The maximum Gasteiger partial charge on any atom is 0.279 e. The second-order valence-electron chi connectivity index (χ2n) is 6.70. The van der Waals surface area contributed by atoms with Crippen LogP contribution in [0.25, 0.3) is 10.2 Å². The Balaban J connectivity index is 1.79. The number of ether oxygens (including phenoxy) is 2. The van der Waals surface area contributed by atoms with Crippen LogP contribution >= 0.6 is 11.3 Å². The number of hydrogen-bond donors (Lipinski definition) is 0. The largest absolute Gasteiger partial charge is 0.494 e. The number of benzene rings is 2. The highest BCUT2D eigenvalue weighted by atomic mass is 32.1. The summed E-state index contributed by atoms with van der Waals surface area (Å²) in [6.45, 7) is 6.76. The minimum atomic E-state index is -0.251. The van der Waals surface area contributed by atoms with Gasteiger partial charge in [0.2, 0.25) is 0 Å². The second kappa shape index (κ2) is 10.9. The van der Waals surface area contributed by atoms with Crippen molar-refractivity contribution in [2.45, 2.75) is 39.7 Å². The minimum absolute atomic E-state index is 0.251. The number of thiazole rings is 1. The quantitative estimate of drug-likeness (QED) is 0.438. The predicted molar refractivity (Wildman–Crippen MR) is 118 cm³/mol. The van der Waals surface area contributed by atoms with Gasteiger partial charge in [0.25, 0.3) is 5.91 Å². The lowest BCUT2D eigenvalue weighted by atomic mass is 10.2. The Bertz CT molecular complexity index is 989. The van der Waals surface area contributed by atoms with Crippen LogP contribution in [0.2, 0.25) is 0 Å². The lowest BCUT2D eigenvalue weighted by Gasteiger charge is -2.06. The first-order valence-corrected chi connectivity index (χ1v) is 11.0. The summed E-state index contributed by atoms with van der Waals surface area (Å²) >= 11 is 1.52. The van der Waals surface area contributed by atoms with Gasteiger partial charge in [0.15, 0.2) is 4.80 Å². The first-order valence-electron chi connectivity index (χ1n) is 10.2. The zero-order valence-electron chi connectivity index (χ0n) is 17.1. The summed E-state index contributed by atoms with van der Waals surface area (Å²) in [5.41, 5.74) is 1.62. The van der Waals surface area contributed by atoms with Gasteiger partial charge in [-0.3, -0.25) is 4.79 Å². The van der Waals surface area contributed by atoms with E-state index in [1.165, 1.54) is 17.8 Å². The fraction of sp³-hybridized carbons (Fsp3) is 0.391. The third kappa shape index (κ3) is 5.78. The number of amides is 1. The Morgan fingerprint density at radius 2 is 1.83 bits per heavy atom. The number of para-hydroxylation sites is 1. The summed E-state index contributed by atoms with van der Waals surface area (Å²) in [7, 11) is 0. The average molecular weight is 413 g/mol. The molecule has 0 unspecified atom stereocenters. The molecule has 1 amide bonds. The third-order valence-electron chi connectivity index (χ3n) is 4.57. The fourth-order valence-electron chi connectivity index (χ4n) is 3.01. The van der Waals surface area contributed by atoms with E-state index < -0.39 is 0 Å². The van der Waals surface area contributed by atoms with E-state index in [9.17, 15) is 4.79 Å². The number of aromatic nitrogens is 1. The maximum atomic E-state index is 12.7. The van der Waals surface area contributed by atoms with Crippen LogP contribution in [0.1, 0.15) is 43.5 Å². The number of fused-ring (bicyclic) bond motifs is 1. The summed E-state index contributed by atoms with van der Waals surface area (Å²) in [5.74, 6) is 0.533. The highest BCUT2D eigenvalue weighted by Crippen LogP contribution is 2.17. The first-order chi connectivity index (χ1) is 14.2. The van der Waals surface area contributed by atoms with Gasteiger partial charge in [-0.05, 0) is 49.7 Å². The number of carbonyl (C=O) groups excluding carboxylic acids is 1. The zero-order valence-corrected chi connectivity index (χ0v) is 17.9. The molecule has 29 heavy (non-hydrogen) atoms. The molecule has 3 aromatic rings. The van der Waals surface area contributed by atoms with Crippen molar-refractivity contribution in [3.63, 3.8) is 0 Å². The highest BCUT2D eigenvalue weighted by Gasteiger charge is 2.09. The summed E-state index contributed by atoms with van der Waals surface area (Å²) < 4.78 is 14.4. The monoisotopic (exact) mass is 412 g/mol. The molecule has 0 aliphatic rings. The smallest absolute Gasteiger partial charge is 0.279 e. The molecule has 0 N–H and O–H groups in total. The molecule has 0 saturated carbocycles. The van der Waals surface area contributed by atoms with Gasteiger partial charge >= 0.3 is 0 Å². The van der Waals surface area contributed by atoms with Gasteiger partial charge in [-0.15, -0.1) is 0 Å². The Morgan fingerprint density at radius 1 is 1.03 bits per heavy atom. The fourth-order valence-corrected chi connectivity index (χ4v) is 4.06. The van der Waals surface area contributed by atoms with Gasteiger partial charge in [0.05, 0.1) is 23.4 Å². The van der Waals surface area contributed by atoms with E-state index in [2.05, 4.69) is 16.5 Å². The standard InChI is InChI=1S/C23H28N2O3S/c1-3-5-8-16-28-19-13-11-18(12-14-19)22(26)24-23-25(15-17-27-4-2)20-9-6-7-10-21(20)29-23/h6-7,9-14H,3-5,8,15-17H2,1-2H3. The van der Waals surface area contributed by atoms with Gasteiger partial charge in [-0.25, -0.2) is 0 Å². The lowest BCUT2D eigenvalue weighted by molar-refractivity contribution is 0.0996. The van der Waals surface area contributed by atoms with Crippen molar-refractivity contribution in [3.05, 3.63) is 58.9 Å². The number of hydrogen-bond acceptors (Lipinski definition) is 4. The molecule has 0 spiro atoms. The SMILES string of the molecule is CCCCCOc1ccc(C(=O)N=c2sc3ccccc3n2CCOCC)cc1. The van der Waals surface area contributed by atoms with E-state index in [-0.39, 0.29) is 5.91 Å². The minimum Gasteiger partial charge on any atom is -0.494 e. The molecule has 6 heteroatoms. The van der Waals surface area contributed by atoms with Gasteiger partial charge < -0.3 is 14.0 Å². The van der Waals surface area contributed by atoms with E-state index in [0.717, 1.165) is 28.8 Å². The topological polar surface area (TPSA) is 52.8 Å². The van der Waals surface area contributed by atoms with Crippen LogP contribution in [0.5, 0.6) is 5.75 Å². The molecule has 5 nitrogen and oxygen atoms in total. The van der Waals surface area contributed by atoms with Crippen molar-refractivity contribution in [2.24, 2.45) is 4.99 Å². The van der Waals surface area contributed by atoms with E-state index in [1.54, 1.807) is 12.1 Å². The van der Waals surface area contributed by atoms with E-state index >= 15 is 0 Å². The van der Waals surface area contributed by atoms with E-state index in [1.807, 2.05) is 43.3 Å². The highest BCUT2D eigenvalue weighted by molar-refractivity contribution is 7.16. The molecular weight excluding hydrogens is 384 g/mol. The van der Waals surface area contributed by atoms with Gasteiger partial charge in [-0.2, -0.15) is 4.99 Å². The Morgan fingerprint density at radius 3 is 2.59 bits per heavy atom. The van der Waals surface area contributed by atoms with Crippen molar-refractivity contribution >= 4 is 27.5 Å². The normalized spacial score (nSPS) is 11.9. The molecule has 154 valence electrons. The first kappa shape index (κ1) is 21.3. The van der Waals surface area contributed by atoms with Crippen LogP contribution in [0, 0.1) is 0 Å². The van der Waals surface area contributed by atoms with Gasteiger partial charge in [0.1, 0.15) is 5.75 Å². The average Bonchev–Trinajstić information content (AvgIpc) is 3.09. The Hall–Kier alpha value is -2.44. The van der Waals surface area contributed by atoms with Gasteiger partial charge in [0, 0.05) is 18.7 Å². The van der Waals surface area contributed by atoms with Gasteiger partial charge in [-0.1, -0.05) is 43.2 Å². The summed E-state index contributed by atoms with van der Waals surface area (Å²) in [5, 5.41) is 0. The molecule has 1 aromatic heterocycles. The molecule has 0 aliphatic carbocycles. The maximum absolute atomic E-state index is 12.7. The molecule has 0 radical (unpaired) electrons. The number of carbonyl (C=O) groups is 1. The van der Waals surface area contributed by atoms with Crippen LogP contribution in [-0.2, 0) is 11.3 Å². The van der Waals surface area contributed by atoms with Crippen molar-refractivity contribution in [3.8, 4) is 5.75 Å². The van der Waals surface area contributed by atoms with Crippen molar-refractivity contribution in [1.29, 1.82) is 0 Å². The molecule has 3 rings (SSSR count). The van der Waals surface area contributed by atoms with E-state index in [4.69, 9.17) is 9.47 Å². The van der Waals surface area contributed by atoms with E-state index in [0.29, 0.717) is 36.7 Å². The summed E-state index contributed by atoms with van der Waals surface area (Å²) in [6, 6.07) is 15.3. The third-order valence-corrected chi connectivity index (χ3v) is 5.63. The van der Waals surface area contributed by atoms with Crippen LogP contribution < -0.4 is 9.54 Å². The molecule has 2 aromatic carbocycles. The summed E-state index contributed by atoms with van der Waals surface area (Å²) in [6.07, 6.45) is 3.37. The molecular formula is C23H28N2O3S.